The van der Waals surface area contributed by atoms with Gasteiger partial charge in [0.05, 0.1) is 11.2 Å². The predicted molar refractivity (Wildman–Crippen MR) is 77.5 cm³/mol. The Balaban J connectivity index is 1.92. The van der Waals surface area contributed by atoms with Crippen molar-refractivity contribution in [2.75, 3.05) is 0 Å². The van der Waals surface area contributed by atoms with Gasteiger partial charge >= 0.3 is 7.12 Å². The molecule has 0 radical (unpaired) electrons. The maximum absolute atomic E-state index is 5.88. The molecule has 1 fully saturated rings. The van der Waals surface area contributed by atoms with Gasteiger partial charge < -0.3 is 9.31 Å². The number of benzene rings is 1. The van der Waals surface area contributed by atoms with E-state index >= 15 is 0 Å². The molecule has 0 N–H and O–H groups in total. The summed E-state index contributed by atoms with van der Waals surface area (Å²) in [5, 5.41) is 2.03. The molecule has 0 saturated carbocycles. The Labute approximate surface area is 114 Å². The van der Waals surface area contributed by atoms with Crippen LogP contribution in [-0.2, 0) is 9.31 Å². The zero-order valence-corrected chi connectivity index (χ0v) is 12.2. The van der Waals surface area contributed by atoms with Gasteiger partial charge in [-0.05, 0) is 51.2 Å². The molecule has 96 valence electrons. The summed E-state index contributed by atoms with van der Waals surface area (Å²) >= 11 is 1.67. The summed E-state index contributed by atoms with van der Waals surface area (Å²) in [5.74, 6) is 1.97. The van der Waals surface area contributed by atoms with Crippen LogP contribution in [0.3, 0.4) is 0 Å². The highest BCUT2D eigenvalue weighted by atomic mass is 32.2. The zero-order valence-electron chi connectivity index (χ0n) is 11.3. The third-order valence-corrected chi connectivity index (χ3v) is 4.29. The molecule has 1 aromatic rings. The molecule has 2 rings (SSSR count). The second-order valence-electron chi connectivity index (χ2n) is 5.38. The van der Waals surface area contributed by atoms with Gasteiger partial charge in [0.1, 0.15) is 0 Å². The molecule has 0 amide bonds. The van der Waals surface area contributed by atoms with Crippen LogP contribution >= 0.6 is 11.8 Å². The second-order valence-corrected chi connectivity index (χ2v) is 6.36. The first kappa shape index (κ1) is 13.7. The Morgan fingerprint density at radius 3 is 2.11 bits per heavy atom. The van der Waals surface area contributed by atoms with E-state index in [1.54, 1.807) is 11.8 Å². The van der Waals surface area contributed by atoms with Gasteiger partial charge in [-0.3, -0.25) is 0 Å². The van der Waals surface area contributed by atoms with Crippen molar-refractivity contribution in [3.8, 4) is 0 Å². The summed E-state index contributed by atoms with van der Waals surface area (Å²) in [6.45, 7) is 8.24. The second kappa shape index (κ2) is 5.12. The highest BCUT2D eigenvalue weighted by Gasteiger charge is 2.49. The maximum atomic E-state index is 5.88. The molecule has 0 unspecified atom stereocenters. The topological polar surface area (TPSA) is 18.5 Å². The van der Waals surface area contributed by atoms with Gasteiger partial charge in [-0.2, -0.15) is 0 Å². The number of hydrogen-bond acceptors (Lipinski definition) is 3. The third kappa shape index (κ3) is 3.00. The Kier molecular flexibility index (Phi) is 3.90. The molecule has 1 aliphatic rings. The van der Waals surface area contributed by atoms with Crippen LogP contribution in [0.1, 0.15) is 27.7 Å². The van der Waals surface area contributed by atoms with Crippen LogP contribution in [-0.4, -0.2) is 18.3 Å². The number of thioether (sulfide) groups is 1. The Morgan fingerprint density at radius 1 is 1.00 bits per heavy atom. The summed E-state index contributed by atoms with van der Waals surface area (Å²) in [4.78, 5) is 1.21. The minimum Gasteiger partial charge on any atom is -0.400 e. The standard InChI is InChI=1S/C14H19BO2S/c1-13(2)14(3,4)17-15(16-13)10-11-18-12-8-6-5-7-9-12/h5-11H,1-4H3/b11-10-. The van der Waals surface area contributed by atoms with Crippen LogP contribution in [0.5, 0.6) is 0 Å². The minimum atomic E-state index is -0.264. The van der Waals surface area contributed by atoms with Crippen LogP contribution in [0.15, 0.2) is 46.6 Å². The van der Waals surface area contributed by atoms with E-state index in [1.807, 2.05) is 29.6 Å². The fourth-order valence-corrected chi connectivity index (χ4v) is 2.33. The number of hydrogen-bond donors (Lipinski definition) is 0. The fraction of sp³-hybridized carbons (Fsp3) is 0.429. The Morgan fingerprint density at radius 2 is 1.56 bits per heavy atom. The van der Waals surface area contributed by atoms with Crippen molar-refractivity contribution in [2.45, 2.75) is 43.8 Å². The van der Waals surface area contributed by atoms with Crippen molar-refractivity contribution in [2.24, 2.45) is 0 Å². The van der Waals surface area contributed by atoms with E-state index in [1.165, 1.54) is 4.90 Å². The zero-order chi connectivity index (χ0) is 13.2. The normalized spacial score (nSPS) is 21.7. The van der Waals surface area contributed by atoms with E-state index in [0.29, 0.717) is 0 Å². The SMILES string of the molecule is CC1(C)OB(/C=C\Sc2ccccc2)OC1(C)C. The first-order valence-electron chi connectivity index (χ1n) is 6.15. The fourth-order valence-electron chi connectivity index (χ4n) is 1.65. The minimum absolute atomic E-state index is 0.258. The van der Waals surface area contributed by atoms with Crippen molar-refractivity contribution < 1.29 is 9.31 Å². The van der Waals surface area contributed by atoms with E-state index in [4.69, 9.17) is 9.31 Å². The van der Waals surface area contributed by atoms with Gasteiger partial charge in [-0.1, -0.05) is 30.0 Å². The molecule has 2 nitrogen and oxygen atoms in total. The average Bonchev–Trinajstić information content (AvgIpc) is 2.49. The summed E-state index contributed by atoms with van der Waals surface area (Å²) in [6.07, 6.45) is 0. The molecule has 0 spiro atoms. The lowest BCUT2D eigenvalue weighted by Gasteiger charge is -2.32. The predicted octanol–water partition coefficient (Wildman–Crippen LogP) is 3.92. The van der Waals surface area contributed by atoms with Crippen LogP contribution in [0.2, 0.25) is 0 Å². The van der Waals surface area contributed by atoms with Crippen molar-refractivity contribution in [1.29, 1.82) is 0 Å². The van der Waals surface area contributed by atoms with Crippen LogP contribution in [0.4, 0.5) is 0 Å². The summed E-state index contributed by atoms with van der Waals surface area (Å²) in [7, 11) is -0.258. The highest BCUT2D eigenvalue weighted by molar-refractivity contribution is 8.02. The summed E-state index contributed by atoms with van der Waals surface area (Å²) in [6, 6.07) is 10.2. The van der Waals surface area contributed by atoms with Crippen molar-refractivity contribution in [3.05, 3.63) is 41.7 Å². The van der Waals surface area contributed by atoms with Gasteiger partial charge in [0, 0.05) is 4.90 Å². The maximum Gasteiger partial charge on any atom is 0.487 e. The van der Waals surface area contributed by atoms with E-state index in [0.717, 1.165) is 0 Å². The van der Waals surface area contributed by atoms with Gasteiger partial charge in [-0.25, -0.2) is 0 Å². The first-order chi connectivity index (χ1) is 8.41. The molecule has 0 aliphatic carbocycles. The van der Waals surface area contributed by atoms with Crippen LogP contribution < -0.4 is 0 Å². The highest BCUT2D eigenvalue weighted by Crippen LogP contribution is 2.37. The average molecular weight is 262 g/mol. The van der Waals surface area contributed by atoms with Crippen molar-refractivity contribution in [3.63, 3.8) is 0 Å². The molecular weight excluding hydrogens is 243 g/mol. The molecule has 1 saturated heterocycles. The molecular formula is C14H19BO2S. The van der Waals surface area contributed by atoms with Crippen LogP contribution in [0.25, 0.3) is 0 Å². The lowest BCUT2D eigenvalue weighted by atomic mass is 9.90. The molecule has 1 heterocycles. The molecule has 0 bridgehead atoms. The van der Waals surface area contributed by atoms with Gasteiger partial charge in [0.2, 0.25) is 0 Å². The largest absolute Gasteiger partial charge is 0.487 e. The first-order valence-corrected chi connectivity index (χ1v) is 7.03. The third-order valence-electron chi connectivity index (χ3n) is 3.45. The van der Waals surface area contributed by atoms with Crippen molar-refractivity contribution in [1.82, 2.24) is 0 Å². The summed E-state index contributed by atoms with van der Waals surface area (Å²) in [5.41, 5.74) is -0.529. The molecule has 18 heavy (non-hydrogen) atoms. The van der Waals surface area contributed by atoms with E-state index < -0.39 is 0 Å². The Hall–Kier alpha value is -0.705. The van der Waals surface area contributed by atoms with Gasteiger partial charge in [0.15, 0.2) is 0 Å². The van der Waals surface area contributed by atoms with Gasteiger partial charge in [-0.15, -0.1) is 0 Å². The monoisotopic (exact) mass is 262 g/mol. The lowest BCUT2D eigenvalue weighted by molar-refractivity contribution is 0.00578. The molecule has 0 aromatic heterocycles. The van der Waals surface area contributed by atoms with E-state index in [9.17, 15) is 0 Å². The van der Waals surface area contributed by atoms with Crippen molar-refractivity contribution >= 4 is 18.9 Å². The lowest BCUT2D eigenvalue weighted by Crippen LogP contribution is -2.41. The molecule has 0 atom stereocenters. The van der Waals surface area contributed by atoms with Crippen LogP contribution in [0, 0.1) is 0 Å². The van der Waals surface area contributed by atoms with E-state index in [2.05, 4.69) is 39.8 Å². The summed E-state index contributed by atoms with van der Waals surface area (Å²) < 4.78 is 11.8. The van der Waals surface area contributed by atoms with E-state index in [-0.39, 0.29) is 18.3 Å². The smallest absolute Gasteiger partial charge is 0.400 e. The molecule has 1 aliphatic heterocycles. The number of rotatable bonds is 3. The van der Waals surface area contributed by atoms with Gasteiger partial charge in [0.25, 0.3) is 0 Å². The quantitative estimate of drug-likeness (QED) is 0.607. The Bertz CT molecular complexity index is 413. The molecule has 4 heteroatoms. The molecule has 1 aromatic carbocycles.